The normalized spacial score (nSPS) is 10.8. The number of amides is 2. The van der Waals surface area contributed by atoms with Crippen molar-refractivity contribution in [3.8, 4) is 16.9 Å². The Bertz CT molecular complexity index is 1460. The maximum absolute atomic E-state index is 13.5. The Labute approximate surface area is 256 Å². The maximum Gasteiger partial charge on any atom is 0.251 e. The van der Waals surface area contributed by atoms with E-state index in [1.807, 2.05) is 83.8 Å². The summed E-state index contributed by atoms with van der Waals surface area (Å²) < 4.78 is 0.976. The number of phenols is 1. The van der Waals surface area contributed by atoms with Crippen LogP contribution in [0.1, 0.15) is 46.3 Å². The number of hydrogen-bond acceptors (Lipinski definition) is 4. The summed E-state index contributed by atoms with van der Waals surface area (Å²) in [6.07, 6.45) is 3.86. The highest BCUT2D eigenvalue weighted by Crippen LogP contribution is 2.23. The molecule has 0 saturated heterocycles. The van der Waals surface area contributed by atoms with Crippen molar-refractivity contribution >= 4 is 27.7 Å². The first kappa shape index (κ1) is 31.0. The van der Waals surface area contributed by atoms with Crippen molar-refractivity contribution in [2.45, 2.75) is 38.6 Å². The van der Waals surface area contributed by atoms with Gasteiger partial charge in [-0.2, -0.15) is 0 Å². The molecule has 4 rings (SSSR count). The second kappa shape index (κ2) is 15.9. The number of nitrogens with two attached hydrogens (primary N) is 1. The minimum Gasteiger partial charge on any atom is -0.508 e. The molecule has 0 spiro atoms. The molecule has 0 unspecified atom stereocenters. The van der Waals surface area contributed by atoms with E-state index in [4.69, 9.17) is 5.73 Å². The van der Waals surface area contributed by atoms with Crippen molar-refractivity contribution < 1.29 is 14.7 Å². The van der Waals surface area contributed by atoms with Crippen molar-refractivity contribution in [3.63, 3.8) is 0 Å². The number of hydrogen-bond donors (Lipinski definition) is 3. The predicted molar refractivity (Wildman–Crippen MR) is 172 cm³/mol. The van der Waals surface area contributed by atoms with Crippen LogP contribution < -0.4 is 11.1 Å². The average molecular weight is 629 g/mol. The summed E-state index contributed by atoms with van der Waals surface area (Å²) in [5, 5.41) is 12.6. The fourth-order valence-corrected chi connectivity index (χ4v) is 5.03. The zero-order chi connectivity index (χ0) is 29.7. The van der Waals surface area contributed by atoms with E-state index in [1.54, 1.807) is 12.1 Å². The van der Waals surface area contributed by atoms with Gasteiger partial charge in [0.25, 0.3) is 5.91 Å². The van der Waals surface area contributed by atoms with Gasteiger partial charge in [-0.1, -0.05) is 76.9 Å². The SMILES string of the molecule is NCCCCCNC(=O)c1cccc(-c2cccc(CN(CCc3ccc(O)cc3)C(=O)Cc3ccc(Br)cc3)c2)c1. The smallest absolute Gasteiger partial charge is 0.251 e. The van der Waals surface area contributed by atoms with E-state index in [2.05, 4.69) is 27.3 Å². The summed E-state index contributed by atoms with van der Waals surface area (Å²) in [4.78, 5) is 28.1. The van der Waals surface area contributed by atoms with Gasteiger partial charge in [-0.15, -0.1) is 0 Å². The van der Waals surface area contributed by atoms with E-state index < -0.39 is 0 Å². The number of carbonyl (C=O) groups is 2. The van der Waals surface area contributed by atoms with E-state index in [-0.39, 0.29) is 17.6 Å². The third kappa shape index (κ3) is 9.57. The van der Waals surface area contributed by atoms with Gasteiger partial charge in [0.05, 0.1) is 6.42 Å². The van der Waals surface area contributed by atoms with Gasteiger partial charge >= 0.3 is 0 Å². The molecule has 0 fully saturated rings. The van der Waals surface area contributed by atoms with Crippen LogP contribution in [-0.4, -0.2) is 41.5 Å². The standard InChI is InChI=1S/C35H38BrN3O3/c36-32-14-10-27(11-15-32)23-34(41)39(21-18-26-12-16-33(40)17-13-26)25-28-6-4-7-29(22-28)30-8-5-9-31(24-30)35(42)38-20-3-1-2-19-37/h4-17,22,24,40H,1-3,18-21,23,25,37H2,(H,38,42). The number of phenolic OH excluding ortho intramolecular Hbond substituents is 1. The fourth-order valence-electron chi connectivity index (χ4n) is 4.77. The van der Waals surface area contributed by atoms with Gasteiger partial charge in [-0.05, 0) is 96.1 Å². The fraction of sp³-hybridized carbons (Fsp3) is 0.257. The molecule has 4 aromatic carbocycles. The largest absolute Gasteiger partial charge is 0.508 e. The lowest BCUT2D eigenvalue weighted by atomic mass is 10.0. The van der Waals surface area contributed by atoms with Gasteiger partial charge in [0.15, 0.2) is 0 Å². The van der Waals surface area contributed by atoms with E-state index in [1.165, 1.54) is 0 Å². The molecule has 7 heteroatoms. The average Bonchev–Trinajstić information content (AvgIpc) is 3.01. The highest BCUT2D eigenvalue weighted by atomic mass is 79.9. The monoisotopic (exact) mass is 627 g/mol. The predicted octanol–water partition coefficient (Wildman–Crippen LogP) is 6.49. The van der Waals surface area contributed by atoms with Crippen molar-refractivity contribution in [1.29, 1.82) is 0 Å². The van der Waals surface area contributed by atoms with E-state index >= 15 is 0 Å². The lowest BCUT2D eigenvalue weighted by molar-refractivity contribution is -0.131. The Hall–Kier alpha value is -3.94. The zero-order valence-corrected chi connectivity index (χ0v) is 25.4. The molecular weight excluding hydrogens is 590 g/mol. The van der Waals surface area contributed by atoms with Gasteiger partial charge in [0.2, 0.25) is 5.91 Å². The minimum atomic E-state index is -0.0836. The molecule has 0 atom stereocenters. The quantitative estimate of drug-likeness (QED) is 0.139. The Kier molecular flexibility index (Phi) is 11.7. The number of rotatable bonds is 14. The van der Waals surface area contributed by atoms with Crippen molar-refractivity contribution in [3.05, 3.63) is 124 Å². The third-order valence-electron chi connectivity index (χ3n) is 7.15. The number of nitrogens with zero attached hydrogens (tertiary/aromatic N) is 1. The summed E-state index contributed by atoms with van der Waals surface area (Å²) in [5.41, 5.74) is 11.1. The molecule has 0 aliphatic rings. The number of unbranched alkanes of at least 4 members (excludes halogenated alkanes) is 2. The Morgan fingerprint density at radius 2 is 1.48 bits per heavy atom. The van der Waals surface area contributed by atoms with Crippen LogP contribution in [0.25, 0.3) is 11.1 Å². The highest BCUT2D eigenvalue weighted by molar-refractivity contribution is 9.10. The zero-order valence-electron chi connectivity index (χ0n) is 23.8. The lowest BCUT2D eigenvalue weighted by Crippen LogP contribution is -2.33. The van der Waals surface area contributed by atoms with Crippen LogP contribution in [0.5, 0.6) is 5.75 Å². The second-order valence-electron chi connectivity index (χ2n) is 10.4. The number of carbonyl (C=O) groups excluding carboxylic acids is 2. The Morgan fingerprint density at radius 3 is 2.21 bits per heavy atom. The molecule has 0 aliphatic heterocycles. The van der Waals surface area contributed by atoms with E-state index in [0.29, 0.717) is 44.6 Å². The molecule has 0 heterocycles. The summed E-state index contributed by atoms with van der Waals surface area (Å²) in [6.45, 7) is 2.31. The highest BCUT2D eigenvalue weighted by Gasteiger charge is 2.16. The van der Waals surface area contributed by atoms with Crippen LogP contribution in [0.3, 0.4) is 0 Å². The number of benzene rings is 4. The first-order chi connectivity index (χ1) is 20.4. The number of aromatic hydroxyl groups is 1. The molecule has 4 N–H and O–H groups in total. The van der Waals surface area contributed by atoms with Gasteiger partial charge in [0, 0.05) is 29.7 Å². The Morgan fingerprint density at radius 1 is 0.786 bits per heavy atom. The molecule has 0 aliphatic carbocycles. The first-order valence-corrected chi connectivity index (χ1v) is 15.2. The van der Waals surface area contributed by atoms with Gasteiger partial charge in [-0.25, -0.2) is 0 Å². The topological polar surface area (TPSA) is 95.7 Å². The molecule has 2 amide bonds. The second-order valence-corrected chi connectivity index (χ2v) is 11.3. The molecular formula is C35H38BrN3O3. The molecule has 6 nitrogen and oxygen atoms in total. The van der Waals surface area contributed by atoms with Crippen LogP contribution in [0.2, 0.25) is 0 Å². The van der Waals surface area contributed by atoms with Crippen molar-refractivity contribution in [2.24, 2.45) is 5.73 Å². The van der Waals surface area contributed by atoms with Crippen molar-refractivity contribution in [1.82, 2.24) is 10.2 Å². The lowest BCUT2D eigenvalue weighted by Gasteiger charge is -2.24. The summed E-state index contributed by atoms with van der Waals surface area (Å²) in [7, 11) is 0. The van der Waals surface area contributed by atoms with Gasteiger partial charge < -0.3 is 21.1 Å². The molecule has 0 bridgehead atoms. The number of nitrogens with one attached hydrogen (secondary N) is 1. The molecule has 0 radical (unpaired) electrons. The molecule has 42 heavy (non-hydrogen) atoms. The summed E-state index contributed by atoms with van der Waals surface area (Å²) in [6, 6.07) is 30.7. The third-order valence-corrected chi connectivity index (χ3v) is 7.68. The van der Waals surface area contributed by atoms with Crippen LogP contribution in [0.4, 0.5) is 0 Å². The molecule has 4 aromatic rings. The van der Waals surface area contributed by atoms with E-state index in [9.17, 15) is 14.7 Å². The van der Waals surface area contributed by atoms with Crippen molar-refractivity contribution in [2.75, 3.05) is 19.6 Å². The molecule has 218 valence electrons. The minimum absolute atomic E-state index is 0.0478. The molecule has 0 saturated carbocycles. The van der Waals surface area contributed by atoms with Gasteiger partial charge in [0.1, 0.15) is 5.75 Å². The first-order valence-electron chi connectivity index (χ1n) is 14.4. The number of halogens is 1. The van der Waals surface area contributed by atoms with Crippen LogP contribution in [0.15, 0.2) is 102 Å². The molecule has 0 aromatic heterocycles. The van der Waals surface area contributed by atoms with Crippen LogP contribution >= 0.6 is 15.9 Å². The van der Waals surface area contributed by atoms with Gasteiger partial charge in [-0.3, -0.25) is 9.59 Å². The maximum atomic E-state index is 13.5. The summed E-state index contributed by atoms with van der Waals surface area (Å²) in [5.74, 6) is 0.189. The Balaban J connectivity index is 1.48. The van der Waals surface area contributed by atoms with Crippen LogP contribution in [-0.2, 0) is 24.2 Å². The van der Waals surface area contributed by atoms with Crippen LogP contribution in [0, 0.1) is 0 Å². The summed E-state index contributed by atoms with van der Waals surface area (Å²) >= 11 is 3.46. The van der Waals surface area contributed by atoms with E-state index in [0.717, 1.165) is 51.6 Å².